The highest BCUT2D eigenvalue weighted by atomic mass is 32.2. The van der Waals surface area contributed by atoms with E-state index >= 15 is 0 Å². The molecule has 234 valence electrons. The lowest BCUT2D eigenvalue weighted by atomic mass is 9.87. The van der Waals surface area contributed by atoms with Gasteiger partial charge in [0.2, 0.25) is 16.3 Å². The van der Waals surface area contributed by atoms with Crippen LogP contribution in [0.4, 0.5) is 4.79 Å². The van der Waals surface area contributed by atoms with Crippen LogP contribution in [0, 0.1) is 12.8 Å². The van der Waals surface area contributed by atoms with Crippen molar-refractivity contribution in [3.63, 3.8) is 0 Å². The molecule has 1 aliphatic rings. The molecule has 1 aliphatic heterocycles. The SMILES string of the molecule is Cc1ccc(OC2(c3ccccc3)CN(S(=O)(=O)c3cccc(C[C@H](NC(=O)OC(C)OC(=O)C(C)C)C(=O)O)c3)C2)cc1. The fourth-order valence-electron chi connectivity index (χ4n) is 4.64. The molecule has 2 atom stereocenters. The number of carboxylic acid groups (broad SMARTS) is 1. The van der Waals surface area contributed by atoms with Crippen LogP contribution in [-0.2, 0) is 41.1 Å². The van der Waals surface area contributed by atoms with Gasteiger partial charge in [-0.05, 0) is 42.3 Å². The van der Waals surface area contributed by atoms with Crippen molar-refractivity contribution in [2.75, 3.05) is 13.1 Å². The van der Waals surface area contributed by atoms with E-state index in [-0.39, 0.29) is 24.4 Å². The van der Waals surface area contributed by atoms with Gasteiger partial charge in [-0.15, -0.1) is 0 Å². The number of hydrogen-bond acceptors (Lipinski definition) is 8. The zero-order valence-electron chi connectivity index (χ0n) is 24.9. The molecule has 1 amide bonds. The number of aliphatic carboxylic acids is 1. The molecule has 1 unspecified atom stereocenters. The molecular formula is C32H36N2O9S. The van der Waals surface area contributed by atoms with Crippen molar-refractivity contribution in [1.82, 2.24) is 9.62 Å². The Morgan fingerprint density at radius 3 is 2.20 bits per heavy atom. The Morgan fingerprint density at radius 2 is 1.59 bits per heavy atom. The monoisotopic (exact) mass is 624 g/mol. The number of sulfonamides is 1. The first-order valence-corrected chi connectivity index (χ1v) is 15.5. The van der Waals surface area contributed by atoms with Gasteiger partial charge in [0.25, 0.3) is 0 Å². The van der Waals surface area contributed by atoms with E-state index in [0.29, 0.717) is 11.3 Å². The van der Waals surface area contributed by atoms with Crippen LogP contribution in [0.3, 0.4) is 0 Å². The van der Waals surface area contributed by atoms with Gasteiger partial charge in [0.1, 0.15) is 11.8 Å². The number of carbonyl (C=O) groups excluding carboxylic acids is 2. The van der Waals surface area contributed by atoms with Gasteiger partial charge >= 0.3 is 18.0 Å². The van der Waals surface area contributed by atoms with E-state index < -0.39 is 51.9 Å². The Balaban J connectivity index is 1.46. The summed E-state index contributed by atoms with van der Waals surface area (Å²) in [6, 6.07) is 21.4. The molecule has 11 nitrogen and oxygen atoms in total. The first-order chi connectivity index (χ1) is 20.8. The molecule has 0 aromatic heterocycles. The standard InChI is InChI=1S/C32H36N2O9S/c1-21(2)30(37)41-23(4)42-31(38)33-28(29(35)36)18-24-9-8-12-27(17-24)44(39,40)34-19-32(20-34,25-10-6-5-7-11-25)43-26-15-13-22(3)14-16-26/h5-17,21,23,28H,18-20H2,1-4H3,(H,33,38)(H,35,36)/t23?,28-/m0/s1. The molecule has 2 N–H and O–H groups in total. The highest BCUT2D eigenvalue weighted by molar-refractivity contribution is 7.89. The van der Waals surface area contributed by atoms with Crippen molar-refractivity contribution < 1.29 is 42.1 Å². The Hall–Kier alpha value is -4.42. The van der Waals surface area contributed by atoms with Crippen LogP contribution in [0.2, 0.25) is 0 Å². The van der Waals surface area contributed by atoms with Crippen LogP contribution in [-0.4, -0.2) is 61.3 Å². The van der Waals surface area contributed by atoms with E-state index in [1.165, 1.54) is 29.4 Å². The van der Waals surface area contributed by atoms with Gasteiger partial charge in [0.15, 0.2) is 5.60 Å². The van der Waals surface area contributed by atoms with E-state index in [9.17, 15) is 27.9 Å². The van der Waals surface area contributed by atoms with Gasteiger partial charge in [-0.3, -0.25) is 4.79 Å². The largest absolute Gasteiger partial charge is 0.480 e. The summed E-state index contributed by atoms with van der Waals surface area (Å²) in [6.07, 6.45) is -2.56. The normalized spacial score (nSPS) is 15.8. The number of nitrogens with zero attached hydrogens (tertiary/aromatic N) is 1. The maximum Gasteiger partial charge on any atom is 0.410 e. The number of ether oxygens (including phenoxy) is 3. The molecule has 44 heavy (non-hydrogen) atoms. The minimum atomic E-state index is -3.97. The van der Waals surface area contributed by atoms with Crippen LogP contribution in [0.15, 0.2) is 83.8 Å². The van der Waals surface area contributed by atoms with Crippen LogP contribution in [0.5, 0.6) is 5.75 Å². The van der Waals surface area contributed by atoms with Crippen molar-refractivity contribution in [2.24, 2.45) is 5.92 Å². The maximum absolute atomic E-state index is 13.7. The van der Waals surface area contributed by atoms with Crippen LogP contribution < -0.4 is 10.1 Å². The predicted octanol–water partition coefficient (Wildman–Crippen LogP) is 4.24. The predicted molar refractivity (Wildman–Crippen MR) is 160 cm³/mol. The minimum absolute atomic E-state index is 0.0204. The van der Waals surface area contributed by atoms with Crippen molar-refractivity contribution in [1.29, 1.82) is 0 Å². The molecule has 3 aromatic carbocycles. The number of carboxylic acids is 1. The summed E-state index contributed by atoms with van der Waals surface area (Å²) in [5, 5.41) is 11.9. The average molecular weight is 625 g/mol. The molecule has 12 heteroatoms. The van der Waals surface area contributed by atoms with Gasteiger partial charge in [-0.2, -0.15) is 4.31 Å². The third-order valence-electron chi connectivity index (χ3n) is 7.09. The first kappa shape index (κ1) is 32.5. The van der Waals surface area contributed by atoms with Crippen molar-refractivity contribution in [3.05, 3.63) is 95.6 Å². The third kappa shape index (κ3) is 7.74. The van der Waals surface area contributed by atoms with Gasteiger partial charge in [-0.25, -0.2) is 18.0 Å². The molecule has 1 heterocycles. The summed E-state index contributed by atoms with van der Waals surface area (Å²) in [6.45, 7) is 6.68. The van der Waals surface area contributed by atoms with E-state index in [1.807, 2.05) is 61.5 Å². The van der Waals surface area contributed by atoms with E-state index in [4.69, 9.17) is 14.2 Å². The highest BCUT2D eigenvalue weighted by Crippen LogP contribution is 2.40. The van der Waals surface area contributed by atoms with E-state index in [2.05, 4.69) is 5.32 Å². The number of nitrogens with one attached hydrogen (secondary N) is 1. The Morgan fingerprint density at radius 1 is 0.932 bits per heavy atom. The topological polar surface area (TPSA) is 149 Å². The molecule has 0 radical (unpaired) electrons. The molecule has 0 aliphatic carbocycles. The molecular weight excluding hydrogens is 588 g/mol. The van der Waals surface area contributed by atoms with Crippen LogP contribution >= 0.6 is 0 Å². The summed E-state index contributed by atoms with van der Waals surface area (Å²) in [7, 11) is -3.97. The lowest BCUT2D eigenvalue weighted by Crippen LogP contribution is -2.64. The maximum atomic E-state index is 13.7. The highest BCUT2D eigenvalue weighted by Gasteiger charge is 2.52. The number of carbonyl (C=O) groups is 3. The Bertz CT molecular complexity index is 1590. The number of benzene rings is 3. The Labute approximate surface area is 256 Å². The lowest BCUT2D eigenvalue weighted by Gasteiger charge is -2.48. The number of alkyl carbamates (subject to hydrolysis) is 1. The Kier molecular flexibility index (Phi) is 9.95. The number of esters is 1. The van der Waals surface area contributed by atoms with Gasteiger partial charge in [0, 0.05) is 13.3 Å². The summed E-state index contributed by atoms with van der Waals surface area (Å²) in [5.74, 6) is -1.75. The van der Waals surface area contributed by atoms with Crippen molar-refractivity contribution in [3.8, 4) is 5.75 Å². The lowest BCUT2D eigenvalue weighted by molar-refractivity contribution is -0.169. The second-order valence-corrected chi connectivity index (χ2v) is 12.9. The van der Waals surface area contributed by atoms with Crippen LogP contribution in [0.1, 0.15) is 37.5 Å². The van der Waals surface area contributed by atoms with E-state index in [0.717, 1.165) is 11.1 Å². The van der Waals surface area contributed by atoms with Gasteiger partial charge in [0.05, 0.1) is 23.9 Å². The van der Waals surface area contributed by atoms with Gasteiger partial charge in [-0.1, -0.05) is 74.0 Å². The molecule has 4 rings (SSSR count). The zero-order valence-corrected chi connectivity index (χ0v) is 25.7. The fourth-order valence-corrected chi connectivity index (χ4v) is 6.25. The molecule has 0 spiro atoms. The summed E-state index contributed by atoms with van der Waals surface area (Å²) < 4.78 is 44.9. The zero-order chi connectivity index (χ0) is 32.1. The summed E-state index contributed by atoms with van der Waals surface area (Å²) >= 11 is 0. The first-order valence-electron chi connectivity index (χ1n) is 14.1. The fraction of sp³-hybridized carbons (Fsp3) is 0.344. The number of amides is 1. The number of aryl methyl sites for hydroxylation is 1. The molecule has 3 aromatic rings. The van der Waals surface area contributed by atoms with E-state index in [1.54, 1.807) is 19.9 Å². The molecule has 1 fully saturated rings. The van der Waals surface area contributed by atoms with Crippen molar-refractivity contribution >= 4 is 28.1 Å². The second kappa shape index (κ2) is 13.5. The van der Waals surface area contributed by atoms with Crippen LogP contribution in [0.25, 0.3) is 0 Å². The quantitative estimate of drug-likeness (QED) is 0.223. The molecule has 1 saturated heterocycles. The molecule has 0 bridgehead atoms. The number of rotatable bonds is 12. The summed E-state index contributed by atoms with van der Waals surface area (Å²) in [5.41, 5.74) is 1.39. The summed E-state index contributed by atoms with van der Waals surface area (Å²) in [4.78, 5) is 35.9. The number of hydrogen-bond donors (Lipinski definition) is 2. The molecule has 0 saturated carbocycles. The third-order valence-corrected chi connectivity index (χ3v) is 8.88. The van der Waals surface area contributed by atoms with Gasteiger partial charge < -0.3 is 24.6 Å². The minimum Gasteiger partial charge on any atom is -0.480 e. The smallest absolute Gasteiger partial charge is 0.410 e. The van der Waals surface area contributed by atoms with Crippen molar-refractivity contribution in [2.45, 2.75) is 56.9 Å². The average Bonchev–Trinajstić information content (AvgIpc) is 2.95. The second-order valence-electron chi connectivity index (χ2n) is 11.0.